The summed E-state index contributed by atoms with van der Waals surface area (Å²) in [4.78, 5) is 43.8. The van der Waals surface area contributed by atoms with Gasteiger partial charge in [-0.1, -0.05) is 61.5 Å². The lowest BCUT2D eigenvalue weighted by molar-refractivity contribution is -0.151. The first kappa shape index (κ1) is 33.0. The summed E-state index contributed by atoms with van der Waals surface area (Å²) in [7, 11) is -3.49. The van der Waals surface area contributed by atoms with Crippen LogP contribution in [0, 0.1) is 5.92 Å². The lowest BCUT2D eigenvalue weighted by Gasteiger charge is -2.37. The van der Waals surface area contributed by atoms with Crippen molar-refractivity contribution in [2.75, 3.05) is 16.8 Å². The molecule has 0 aromatic heterocycles. The van der Waals surface area contributed by atoms with Gasteiger partial charge in [0.1, 0.15) is 6.10 Å². The van der Waals surface area contributed by atoms with Crippen molar-refractivity contribution in [3.8, 4) is 0 Å². The molecule has 0 saturated carbocycles. The van der Waals surface area contributed by atoms with Gasteiger partial charge in [0.15, 0.2) is 5.60 Å². The van der Waals surface area contributed by atoms with Crippen molar-refractivity contribution in [2.45, 2.75) is 82.3 Å². The molecule has 248 valence electrons. The number of nitrogens with one attached hydrogen (secondary N) is 1. The minimum Gasteiger partial charge on any atom is -0.394 e. The summed E-state index contributed by atoms with van der Waals surface area (Å²) in [6.45, 7) is 6.87. The second-order valence-corrected chi connectivity index (χ2v) is 17.4. The number of fused-ring (bicyclic) bond motifs is 3. The van der Waals surface area contributed by atoms with E-state index in [4.69, 9.17) is 4.74 Å². The average Bonchev–Trinajstić information content (AvgIpc) is 3.47. The number of rotatable bonds is 8. The van der Waals surface area contributed by atoms with Gasteiger partial charge in [-0.2, -0.15) is 0 Å². The first-order valence-corrected chi connectivity index (χ1v) is 19.1. The van der Waals surface area contributed by atoms with Crippen molar-refractivity contribution in [3.05, 3.63) is 95.1 Å². The maximum atomic E-state index is 16.3. The third-order valence-electron chi connectivity index (χ3n) is 10.1. The molecule has 0 unspecified atom stereocenters. The fraction of sp³-hybridized carbons (Fsp3) is 0.417. The number of anilines is 2. The van der Waals surface area contributed by atoms with Crippen LogP contribution in [-0.4, -0.2) is 66.1 Å². The van der Waals surface area contributed by atoms with Gasteiger partial charge in [0, 0.05) is 29.3 Å². The number of para-hydroxylation sites is 1. The molecule has 3 aromatic carbocycles. The largest absolute Gasteiger partial charge is 0.394 e. The molecule has 0 radical (unpaired) electrons. The molecule has 1 spiro atoms. The summed E-state index contributed by atoms with van der Waals surface area (Å²) < 4.78 is 23.1. The third-order valence-corrected chi connectivity index (χ3v) is 12.5. The van der Waals surface area contributed by atoms with Gasteiger partial charge in [-0.3, -0.25) is 14.4 Å². The van der Waals surface area contributed by atoms with E-state index < -0.39 is 49.6 Å². The van der Waals surface area contributed by atoms with Gasteiger partial charge in [-0.15, -0.1) is 0 Å². The highest BCUT2D eigenvalue weighted by Crippen LogP contribution is 2.60. The van der Waals surface area contributed by atoms with Gasteiger partial charge in [0.2, 0.25) is 14.3 Å². The Hall–Kier alpha value is -3.90. The molecular formula is C36H42FN3O6Si. The fourth-order valence-corrected chi connectivity index (χ4v) is 10.3. The zero-order valence-electron chi connectivity index (χ0n) is 27.2. The van der Waals surface area contributed by atoms with Crippen LogP contribution in [0.25, 0.3) is 0 Å². The standard InChI is InChI=1S/C36H42FN3O6Si/c1-22-33(47(3,4)37)31(18-32(43)39-20-26-10-6-5-9-25(26)17-28(39)21-41)46-36(22)29-11-7-8-12-30(29)40(35(36)45)19-24-13-15-27(16-14-24)38-34(44)23(2)42/h5-16,22-23,28,31,33,41-42H,17-21H2,1-4H3,(H,38,44)/t22-,23-,28-,31+,33-,36+/m0/s1. The third kappa shape index (κ3) is 5.90. The molecule has 6 atom stereocenters. The molecule has 1 fully saturated rings. The van der Waals surface area contributed by atoms with E-state index in [0.29, 0.717) is 29.9 Å². The number of aliphatic hydroxyl groups is 2. The Morgan fingerprint density at radius 1 is 1.06 bits per heavy atom. The number of nitrogens with zero attached hydrogens (tertiary/aromatic N) is 2. The lowest BCUT2D eigenvalue weighted by Crippen LogP contribution is -2.48. The molecule has 3 aliphatic heterocycles. The van der Waals surface area contributed by atoms with Crippen LogP contribution in [0.2, 0.25) is 18.6 Å². The van der Waals surface area contributed by atoms with Crippen LogP contribution >= 0.6 is 0 Å². The molecule has 3 N–H and O–H groups in total. The van der Waals surface area contributed by atoms with Crippen LogP contribution in [0.3, 0.4) is 0 Å². The minimum absolute atomic E-state index is 0.0924. The number of amides is 3. The van der Waals surface area contributed by atoms with Crippen molar-refractivity contribution >= 4 is 37.5 Å². The van der Waals surface area contributed by atoms with Crippen molar-refractivity contribution in [3.63, 3.8) is 0 Å². The monoisotopic (exact) mass is 659 g/mol. The van der Waals surface area contributed by atoms with E-state index >= 15 is 4.11 Å². The predicted octanol–water partition coefficient (Wildman–Crippen LogP) is 4.66. The molecule has 9 nitrogen and oxygen atoms in total. The number of carbonyl (C=O) groups excluding carboxylic acids is 3. The van der Waals surface area contributed by atoms with Crippen LogP contribution in [-0.2, 0) is 44.2 Å². The van der Waals surface area contributed by atoms with Crippen LogP contribution in [0.4, 0.5) is 15.5 Å². The van der Waals surface area contributed by atoms with E-state index in [0.717, 1.165) is 16.7 Å². The number of hydrogen-bond acceptors (Lipinski definition) is 6. The smallest absolute Gasteiger partial charge is 0.264 e. The fourth-order valence-electron chi connectivity index (χ4n) is 7.81. The zero-order valence-corrected chi connectivity index (χ0v) is 28.2. The quantitative estimate of drug-likeness (QED) is 0.239. The van der Waals surface area contributed by atoms with Gasteiger partial charge < -0.3 is 34.2 Å². The summed E-state index contributed by atoms with van der Waals surface area (Å²) in [5.74, 6) is -1.58. The number of carbonyl (C=O) groups is 3. The number of ether oxygens (including phenoxy) is 1. The van der Waals surface area contributed by atoms with Crippen LogP contribution in [0.15, 0.2) is 72.8 Å². The Bertz CT molecular complexity index is 1680. The molecule has 1 saturated heterocycles. The molecule has 3 amide bonds. The van der Waals surface area contributed by atoms with Crippen molar-refractivity contribution < 1.29 is 33.4 Å². The van der Waals surface area contributed by atoms with Gasteiger partial charge >= 0.3 is 0 Å². The van der Waals surface area contributed by atoms with Crippen LogP contribution < -0.4 is 10.2 Å². The van der Waals surface area contributed by atoms with Crippen molar-refractivity contribution in [1.82, 2.24) is 4.90 Å². The average molecular weight is 660 g/mol. The summed E-state index contributed by atoms with van der Waals surface area (Å²) >= 11 is 0. The second kappa shape index (κ2) is 12.6. The molecule has 47 heavy (non-hydrogen) atoms. The van der Waals surface area contributed by atoms with Gasteiger partial charge in [-0.25, -0.2) is 0 Å². The Balaban J connectivity index is 1.29. The normalized spacial score (nSPS) is 25.9. The Morgan fingerprint density at radius 2 is 1.72 bits per heavy atom. The Morgan fingerprint density at radius 3 is 2.38 bits per heavy atom. The number of hydrogen-bond donors (Lipinski definition) is 3. The molecule has 0 bridgehead atoms. The summed E-state index contributed by atoms with van der Waals surface area (Å²) in [5, 5.41) is 22.4. The van der Waals surface area contributed by atoms with Gasteiger partial charge in [0.25, 0.3) is 11.8 Å². The van der Waals surface area contributed by atoms with E-state index in [1.54, 1.807) is 47.2 Å². The number of aliphatic hydroxyl groups excluding tert-OH is 2. The molecule has 3 heterocycles. The maximum absolute atomic E-state index is 16.3. The first-order valence-electron chi connectivity index (χ1n) is 16.2. The maximum Gasteiger partial charge on any atom is 0.264 e. The minimum atomic E-state index is -3.49. The first-order chi connectivity index (χ1) is 22.3. The van der Waals surface area contributed by atoms with Crippen LogP contribution in [0.1, 0.15) is 42.5 Å². The molecule has 0 aliphatic carbocycles. The summed E-state index contributed by atoms with van der Waals surface area (Å²) in [6.07, 6.45) is -1.53. The molecule has 3 aliphatic rings. The highest BCUT2D eigenvalue weighted by molar-refractivity contribution is 6.72. The van der Waals surface area contributed by atoms with E-state index in [2.05, 4.69) is 5.32 Å². The SMILES string of the molecule is C[C@H](O)C(=O)Nc1ccc(CN2C(=O)[C@]3(O[C@H](CC(=O)N4Cc5ccccc5C[C@H]4CO)[C@@H]([Si](C)(C)F)[C@@H]3C)c3ccccc32)cc1. The topological polar surface area (TPSA) is 119 Å². The number of halogens is 1. The predicted molar refractivity (Wildman–Crippen MR) is 179 cm³/mol. The van der Waals surface area contributed by atoms with E-state index in [9.17, 15) is 24.6 Å². The molecular weight excluding hydrogens is 617 g/mol. The van der Waals surface area contributed by atoms with E-state index in [1.165, 1.54) is 6.92 Å². The van der Waals surface area contributed by atoms with Gasteiger partial charge in [0.05, 0.1) is 37.4 Å². The van der Waals surface area contributed by atoms with Crippen LogP contribution in [0.5, 0.6) is 0 Å². The van der Waals surface area contributed by atoms with Crippen molar-refractivity contribution in [1.29, 1.82) is 0 Å². The molecule has 11 heteroatoms. The summed E-state index contributed by atoms with van der Waals surface area (Å²) in [6, 6.07) is 21.9. The van der Waals surface area contributed by atoms with E-state index in [1.807, 2.05) is 55.5 Å². The van der Waals surface area contributed by atoms with Crippen molar-refractivity contribution in [2.24, 2.45) is 5.92 Å². The van der Waals surface area contributed by atoms with E-state index in [-0.39, 0.29) is 31.4 Å². The van der Waals surface area contributed by atoms with Gasteiger partial charge in [-0.05, 0) is 61.3 Å². The lowest BCUT2D eigenvalue weighted by atomic mass is 9.82. The summed E-state index contributed by atoms with van der Waals surface area (Å²) in [5.41, 5.74) is 2.68. The molecule has 6 rings (SSSR count). The number of benzene rings is 3. The second-order valence-electron chi connectivity index (χ2n) is 13.6. The zero-order chi connectivity index (χ0) is 33.7. The Labute approximate surface area is 275 Å². The highest BCUT2D eigenvalue weighted by Gasteiger charge is 2.67. The highest BCUT2D eigenvalue weighted by atomic mass is 28.4. The Kier molecular flexibility index (Phi) is 8.86. The molecule has 3 aromatic rings.